The number of fused-ring (bicyclic) bond motifs is 2. The van der Waals surface area contributed by atoms with Gasteiger partial charge in [0.25, 0.3) is 0 Å². The van der Waals surface area contributed by atoms with Gasteiger partial charge in [0, 0.05) is 5.56 Å². The molecule has 0 radical (unpaired) electrons. The minimum atomic E-state index is -4.24. The van der Waals surface area contributed by atoms with Crippen LogP contribution in [0, 0.1) is 5.92 Å². The molecule has 13 heteroatoms. The lowest BCUT2D eigenvalue weighted by Crippen LogP contribution is -2.42. The van der Waals surface area contributed by atoms with Crippen LogP contribution < -0.4 is 10.0 Å². The summed E-state index contributed by atoms with van der Waals surface area (Å²) >= 11 is 0. The lowest BCUT2D eigenvalue weighted by atomic mass is 9.66. The highest BCUT2D eigenvalue weighted by Crippen LogP contribution is 2.57. The standard InChI is InChI=1S/C25H29N3O8S2/c1-14(2)10-11-25(3)17-7-5-4-6-16(17)22(31)21(23(25)32)24-26-18-9-8-15(12-19(18)38(35,36)28-24)27-37(33,34)13-20(29)30/h4-9,12,14,27,31,35-36H,10-11,13H2,1-3H3,(H,26,28)(H,29,30). The zero-order valence-corrected chi connectivity index (χ0v) is 22.6. The molecule has 1 unspecified atom stereocenters. The van der Waals surface area contributed by atoms with Gasteiger partial charge in [-0.1, -0.05) is 48.9 Å². The number of hydrogen-bond acceptors (Lipinski definition) is 9. The van der Waals surface area contributed by atoms with Crippen LogP contribution in [0.5, 0.6) is 0 Å². The Hall–Kier alpha value is -3.39. The predicted molar refractivity (Wildman–Crippen MR) is 146 cm³/mol. The number of carbonyl (C=O) groups excluding carboxylic acids is 1. The van der Waals surface area contributed by atoms with Crippen molar-refractivity contribution < 1.29 is 37.3 Å². The molecule has 6 N–H and O–H groups in total. The van der Waals surface area contributed by atoms with Crippen LogP contribution >= 0.6 is 10.8 Å². The number of benzene rings is 2. The molecule has 0 saturated carbocycles. The third kappa shape index (κ3) is 5.14. The third-order valence-corrected chi connectivity index (χ3v) is 9.07. The van der Waals surface area contributed by atoms with Crippen molar-refractivity contribution in [3.05, 3.63) is 59.2 Å². The van der Waals surface area contributed by atoms with E-state index in [4.69, 9.17) is 5.11 Å². The molecular weight excluding hydrogens is 534 g/mol. The summed E-state index contributed by atoms with van der Waals surface area (Å²) in [5, 5.41) is 22.8. The number of ketones is 1. The van der Waals surface area contributed by atoms with Gasteiger partial charge in [-0.2, -0.15) is 0 Å². The average molecular weight is 564 g/mol. The summed E-state index contributed by atoms with van der Waals surface area (Å²) in [4.78, 5) is 24.6. The molecule has 1 aliphatic heterocycles. The molecule has 1 heterocycles. The van der Waals surface area contributed by atoms with Crippen LogP contribution in [0.4, 0.5) is 11.4 Å². The number of Topliss-reactive ketones (excluding diaryl/α,β-unsaturated/α-hetero) is 1. The van der Waals surface area contributed by atoms with Crippen LogP contribution in [0.2, 0.25) is 0 Å². The molecule has 0 amide bonds. The van der Waals surface area contributed by atoms with Crippen LogP contribution in [-0.2, 0) is 25.0 Å². The molecule has 2 aromatic rings. The van der Waals surface area contributed by atoms with Gasteiger partial charge >= 0.3 is 5.97 Å². The van der Waals surface area contributed by atoms with E-state index < -0.39 is 43.7 Å². The first-order chi connectivity index (χ1) is 17.6. The Labute approximate surface area is 221 Å². The summed E-state index contributed by atoms with van der Waals surface area (Å²) in [6, 6.07) is 10.8. The van der Waals surface area contributed by atoms with Crippen molar-refractivity contribution in [3.63, 3.8) is 0 Å². The molecule has 0 aromatic heterocycles. The Balaban J connectivity index is 1.77. The monoisotopic (exact) mass is 563 g/mol. The maximum atomic E-state index is 13.9. The van der Waals surface area contributed by atoms with Gasteiger partial charge in [0.1, 0.15) is 16.2 Å². The number of amidine groups is 1. The third-order valence-electron chi connectivity index (χ3n) is 6.54. The highest BCUT2D eigenvalue weighted by atomic mass is 32.3. The molecule has 2 aromatic carbocycles. The number of anilines is 2. The fraction of sp³-hybridized carbons (Fsp3) is 0.320. The number of carboxylic acid groups (broad SMARTS) is 1. The number of aliphatic carboxylic acids is 1. The fourth-order valence-electron chi connectivity index (χ4n) is 4.59. The lowest BCUT2D eigenvalue weighted by Gasteiger charge is -2.39. The second kappa shape index (κ2) is 9.73. The smallest absolute Gasteiger partial charge is 0.320 e. The topological polar surface area (TPSA) is 186 Å². The second-order valence-corrected chi connectivity index (χ2v) is 13.3. The molecule has 2 aliphatic rings. The maximum Gasteiger partial charge on any atom is 0.320 e. The van der Waals surface area contributed by atoms with Crippen molar-refractivity contribution in [2.75, 3.05) is 15.8 Å². The predicted octanol–water partition coefficient (Wildman–Crippen LogP) is 4.61. The van der Waals surface area contributed by atoms with Gasteiger partial charge in [0.2, 0.25) is 10.0 Å². The van der Waals surface area contributed by atoms with E-state index in [-0.39, 0.29) is 33.4 Å². The summed E-state index contributed by atoms with van der Waals surface area (Å²) < 4.78 is 51.9. The Morgan fingerprint density at radius 3 is 2.53 bits per heavy atom. The first-order valence-electron chi connectivity index (χ1n) is 11.7. The molecule has 204 valence electrons. The summed E-state index contributed by atoms with van der Waals surface area (Å²) in [5.41, 5.74) is -0.0191. The van der Waals surface area contributed by atoms with Crippen LogP contribution in [0.1, 0.15) is 44.7 Å². The van der Waals surface area contributed by atoms with Crippen LogP contribution in [0.25, 0.3) is 5.76 Å². The van der Waals surface area contributed by atoms with Crippen molar-refractivity contribution in [1.82, 2.24) is 0 Å². The summed E-state index contributed by atoms with van der Waals surface area (Å²) in [6.45, 7) is 5.89. The highest BCUT2D eigenvalue weighted by Gasteiger charge is 2.46. The van der Waals surface area contributed by atoms with Gasteiger partial charge in [-0.3, -0.25) is 23.4 Å². The van der Waals surface area contributed by atoms with E-state index >= 15 is 0 Å². The molecular formula is C25H29N3O8S2. The molecule has 1 atom stereocenters. The van der Waals surface area contributed by atoms with Gasteiger partial charge in [0.15, 0.2) is 17.4 Å². The molecule has 11 nitrogen and oxygen atoms in total. The number of hydrogen-bond donors (Lipinski definition) is 6. The van der Waals surface area contributed by atoms with Crippen molar-refractivity contribution in [2.45, 2.75) is 43.9 Å². The van der Waals surface area contributed by atoms with Crippen molar-refractivity contribution in [1.29, 1.82) is 0 Å². The van der Waals surface area contributed by atoms with Gasteiger partial charge in [-0.05, 0) is 49.4 Å². The number of aliphatic hydroxyl groups is 1. The number of aliphatic hydroxyl groups excluding tert-OH is 1. The van der Waals surface area contributed by atoms with E-state index in [1.54, 1.807) is 31.2 Å². The van der Waals surface area contributed by atoms with Crippen molar-refractivity contribution in [3.8, 4) is 0 Å². The lowest BCUT2D eigenvalue weighted by molar-refractivity contribution is -0.134. The molecule has 0 fully saturated rings. The van der Waals surface area contributed by atoms with Crippen molar-refractivity contribution >= 4 is 55.5 Å². The number of nitrogens with zero attached hydrogens (tertiary/aromatic N) is 1. The number of sulfonamides is 1. The zero-order valence-electron chi connectivity index (χ0n) is 20.9. The number of carboxylic acids is 1. The van der Waals surface area contributed by atoms with E-state index in [0.717, 1.165) is 12.5 Å². The quantitative estimate of drug-likeness (QED) is 0.267. The number of carbonyl (C=O) groups is 2. The van der Waals surface area contributed by atoms with Gasteiger partial charge in [0.05, 0.1) is 16.8 Å². The summed E-state index contributed by atoms with van der Waals surface area (Å²) in [6.07, 6.45) is 1.24. The number of nitrogens with one attached hydrogen (secondary N) is 2. The summed E-state index contributed by atoms with van der Waals surface area (Å²) in [5.74, 6) is -3.38. The van der Waals surface area contributed by atoms with Crippen LogP contribution in [-0.4, -0.2) is 51.1 Å². The molecule has 0 saturated heterocycles. The largest absolute Gasteiger partial charge is 0.506 e. The Morgan fingerprint density at radius 1 is 1.18 bits per heavy atom. The summed E-state index contributed by atoms with van der Waals surface area (Å²) in [7, 11) is -8.19. The first-order valence-corrected chi connectivity index (χ1v) is 14.9. The maximum absolute atomic E-state index is 13.9. The SMILES string of the molecule is CC(C)CCC1(C)C(=O)C(C2=NS(O)(O)c3cc(NS(=O)(=O)CC(=O)O)ccc3N2)=C(O)c2ccccc21. The van der Waals surface area contributed by atoms with Gasteiger partial charge in [-0.25, -0.2) is 8.42 Å². The second-order valence-electron chi connectivity index (χ2n) is 9.91. The van der Waals surface area contributed by atoms with Gasteiger partial charge in [-0.15, -0.1) is 4.40 Å². The Bertz CT molecular complexity index is 1500. The van der Waals surface area contributed by atoms with E-state index in [1.165, 1.54) is 12.1 Å². The molecule has 38 heavy (non-hydrogen) atoms. The van der Waals surface area contributed by atoms with E-state index in [2.05, 4.69) is 14.4 Å². The van der Waals surface area contributed by atoms with Crippen molar-refractivity contribution in [2.24, 2.45) is 10.3 Å². The minimum Gasteiger partial charge on any atom is -0.506 e. The molecule has 0 spiro atoms. The molecule has 1 aliphatic carbocycles. The van der Waals surface area contributed by atoms with Crippen LogP contribution in [0.15, 0.2) is 57.3 Å². The van der Waals surface area contributed by atoms with E-state index in [0.29, 0.717) is 23.5 Å². The highest BCUT2D eigenvalue weighted by molar-refractivity contribution is 8.23. The van der Waals surface area contributed by atoms with E-state index in [9.17, 15) is 32.2 Å². The Kier molecular flexibility index (Phi) is 7.08. The zero-order chi connectivity index (χ0) is 28.0. The minimum absolute atomic E-state index is 0.101. The number of rotatable bonds is 8. The molecule has 0 bridgehead atoms. The first kappa shape index (κ1) is 27.6. The van der Waals surface area contributed by atoms with Crippen LogP contribution in [0.3, 0.4) is 0 Å². The Morgan fingerprint density at radius 2 is 1.87 bits per heavy atom. The normalized spacial score (nSPS) is 21.2. The average Bonchev–Trinajstić information content (AvgIpc) is 2.81. The fourth-order valence-corrected chi connectivity index (χ4v) is 6.66. The molecule has 4 rings (SSSR count). The van der Waals surface area contributed by atoms with E-state index in [1.807, 2.05) is 13.8 Å². The van der Waals surface area contributed by atoms with Gasteiger partial charge < -0.3 is 15.5 Å².